The molecule has 178 valence electrons. The fraction of sp³-hybridized carbons (Fsp3) is 0.615. The average molecular weight is 443 g/mol. The van der Waals surface area contributed by atoms with Crippen LogP contribution in [0, 0.1) is 9.81 Å². The molecule has 0 fully saturated rings. The summed E-state index contributed by atoms with van der Waals surface area (Å²) in [7, 11) is 0. The molecule has 0 aliphatic carbocycles. The van der Waals surface area contributed by atoms with Crippen LogP contribution in [0.5, 0.6) is 0 Å². The van der Waals surface area contributed by atoms with E-state index in [4.69, 9.17) is 0 Å². The lowest BCUT2D eigenvalue weighted by molar-refractivity contribution is 0.611. The highest BCUT2D eigenvalue weighted by Gasteiger charge is 2.06. The molecule has 0 aliphatic rings. The Balaban J connectivity index is 2.45. The van der Waals surface area contributed by atoms with Crippen LogP contribution >= 0.6 is 0 Å². The monoisotopic (exact) mass is 442 g/mol. The van der Waals surface area contributed by atoms with Crippen molar-refractivity contribution < 1.29 is 0 Å². The standard InChI is InChI=1S/C26H42N4O2/c1-3-5-7-9-11-13-15-17-23-29(27-31)25-19-21-26(22-20-25)30(28-32)24-18-16-14-12-10-8-6-4-2/h17-24H,3-16H2,1-2H3. The molecule has 0 atom stereocenters. The van der Waals surface area contributed by atoms with Gasteiger partial charge in [-0.05, 0) is 49.9 Å². The number of unbranched alkanes of at least 4 members (excludes halogenated alkanes) is 12. The fourth-order valence-corrected chi connectivity index (χ4v) is 3.51. The summed E-state index contributed by atoms with van der Waals surface area (Å²) < 4.78 is 0. The van der Waals surface area contributed by atoms with Crippen LogP contribution in [0.3, 0.4) is 0 Å². The van der Waals surface area contributed by atoms with Crippen molar-refractivity contribution in [1.82, 2.24) is 0 Å². The Morgan fingerprint density at radius 1 is 0.594 bits per heavy atom. The van der Waals surface area contributed by atoms with Gasteiger partial charge in [0.05, 0.1) is 21.9 Å². The third-order valence-corrected chi connectivity index (χ3v) is 5.50. The number of hydrogen-bond donors (Lipinski definition) is 0. The van der Waals surface area contributed by atoms with Gasteiger partial charge >= 0.3 is 0 Å². The molecule has 0 radical (unpaired) electrons. The van der Waals surface area contributed by atoms with E-state index in [1.807, 2.05) is 12.2 Å². The Morgan fingerprint density at radius 2 is 0.938 bits per heavy atom. The Bertz CT molecular complexity index is 601. The van der Waals surface area contributed by atoms with Crippen molar-refractivity contribution in [2.24, 2.45) is 10.6 Å². The highest BCUT2D eigenvalue weighted by Crippen LogP contribution is 2.22. The van der Waals surface area contributed by atoms with Crippen molar-refractivity contribution >= 4 is 11.4 Å². The maximum Gasteiger partial charge on any atom is 0.0679 e. The fourth-order valence-electron chi connectivity index (χ4n) is 3.51. The summed E-state index contributed by atoms with van der Waals surface area (Å²) in [6, 6.07) is 7.08. The smallest absolute Gasteiger partial charge is 0.0679 e. The van der Waals surface area contributed by atoms with Gasteiger partial charge in [-0.15, -0.1) is 9.81 Å². The van der Waals surface area contributed by atoms with Crippen LogP contribution in [0.4, 0.5) is 11.4 Å². The van der Waals surface area contributed by atoms with Gasteiger partial charge in [-0.2, -0.15) is 0 Å². The second kappa shape index (κ2) is 19.2. The first kappa shape index (κ1) is 27.5. The van der Waals surface area contributed by atoms with Crippen LogP contribution in [-0.4, -0.2) is 0 Å². The van der Waals surface area contributed by atoms with Gasteiger partial charge in [0.15, 0.2) is 0 Å². The quantitative estimate of drug-likeness (QED) is 0.115. The molecule has 0 amide bonds. The summed E-state index contributed by atoms with van der Waals surface area (Å²) in [5, 5.41) is 8.81. The summed E-state index contributed by atoms with van der Waals surface area (Å²) >= 11 is 0. The minimum atomic E-state index is 0.657. The number of nitrogens with zero attached hydrogens (tertiary/aromatic N) is 4. The van der Waals surface area contributed by atoms with Crippen molar-refractivity contribution in [2.45, 2.75) is 104 Å². The summed E-state index contributed by atoms with van der Waals surface area (Å²) in [4.78, 5) is 22.5. The predicted molar refractivity (Wildman–Crippen MR) is 137 cm³/mol. The van der Waals surface area contributed by atoms with E-state index in [0.717, 1.165) is 25.7 Å². The van der Waals surface area contributed by atoms with Gasteiger partial charge in [0, 0.05) is 12.4 Å². The molecule has 0 saturated carbocycles. The molecular formula is C26H42N4O2. The van der Waals surface area contributed by atoms with E-state index in [9.17, 15) is 9.81 Å². The van der Waals surface area contributed by atoms with Gasteiger partial charge in [-0.3, -0.25) is 0 Å². The average Bonchev–Trinajstić information content (AvgIpc) is 2.82. The van der Waals surface area contributed by atoms with Gasteiger partial charge in [0.1, 0.15) is 0 Å². The highest BCUT2D eigenvalue weighted by molar-refractivity contribution is 5.57. The first-order valence-electron chi connectivity index (χ1n) is 12.4. The zero-order chi connectivity index (χ0) is 23.3. The van der Waals surface area contributed by atoms with Crippen molar-refractivity contribution in [3.63, 3.8) is 0 Å². The molecule has 0 bridgehead atoms. The molecule has 1 aromatic rings. The molecule has 6 nitrogen and oxygen atoms in total. The predicted octanol–water partition coefficient (Wildman–Crippen LogP) is 9.19. The molecule has 0 saturated heterocycles. The Kier molecular flexibility index (Phi) is 16.5. The molecule has 0 unspecified atom stereocenters. The lowest BCUT2D eigenvalue weighted by atomic mass is 10.1. The van der Waals surface area contributed by atoms with Crippen molar-refractivity contribution in [3.8, 4) is 0 Å². The molecule has 0 N–H and O–H groups in total. The van der Waals surface area contributed by atoms with Gasteiger partial charge < -0.3 is 0 Å². The summed E-state index contributed by atoms with van der Waals surface area (Å²) in [6.45, 7) is 4.44. The molecule has 32 heavy (non-hydrogen) atoms. The molecule has 0 heterocycles. The van der Waals surface area contributed by atoms with Gasteiger partial charge in [-0.1, -0.05) is 90.2 Å². The van der Waals surface area contributed by atoms with E-state index in [2.05, 4.69) is 24.4 Å². The minimum Gasteiger partial charge on any atom is -0.205 e. The zero-order valence-corrected chi connectivity index (χ0v) is 20.1. The van der Waals surface area contributed by atoms with Crippen LogP contribution in [0.15, 0.2) is 59.4 Å². The maximum atomic E-state index is 11.2. The lowest BCUT2D eigenvalue weighted by Gasteiger charge is -2.13. The number of rotatable bonds is 20. The molecule has 1 rings (SSSR count). The lowest BCUT2D eigenvalue weighted by Crippen LogP contribution is -2.08. The van der Waals surface area contributed by atoms with Crippen molar-refractivity contribution in [2.75, 3.05) is 10.0 Å². The minimum absolute atomic E-state index is 0.657. The van der Waals surface area contributed by atoms with Crippen molar-refractivity contribution in [1.29, 1.82) is 0 Å². The van der Waals surface area contributed by atoms with Crippen LogP contribution < -0.4 is 10.0 Å². The molecular weight excluding hydrogens is 400 g/mol. The summed E-state index contributed by atoms with van der Waals surface area (Å²) in [5.41, 5.74) is 1.31. The van der Waals surface area contributed by atoms with E-state index in [-0.39, 0.29) is 0 Å². The van der Waals surface area contributed by atoms with Crippen LogP contribution in [0.2, 0.25) is 0 Å². The van der Waals surface area contributed by atoms with Crippen molar-refractivity contribution in [3.05, 3.63) is 58.6 Å². The van der Waals surface area contributed by atoms with E-state index in [0.29, 0.717) is 11.4 Å². The third-order valence-electron chi connectivity index (χ3n) is 5.50. The largest absolute Gasteiger partial charge is 0.205 e. The number of nitroso groups, excluding NO2 is 2. The normalized spacial score (nSPS) is 11.3. The SMILES string of the molecule is CCCCCCCCC=CN(N=O)c1ccc(N(C=CCCCCCCCC)N=O)cc1. The van der Waals surface area contributed by atoms with Gasteiger partial charge in [0.2, 0.25) is 0 Å². The van der Waals surface area contributed by atoms with Gasteiger partial charge in [0.25, 0.3) is 0 Å². The second-order valence-corrected chi connectivity index (χ2v) is 8.25. The number of anilines is 2. The molecule has 1 aromatic carbocycles. The van der Waals surface area contributed by atoms with E-state index in [1.165, 1.54) is 74.2 Å². The first-order chi connectivity index (χ1) is 15.8. The molecule has 0 aliphatic heterocycles. The molecule has 6 heteroatoms. The zero-order valence-electron chi connectivity index (χ0n) is 20.1. The van der Waals surface area contributed by atoms with Crippen LogP contribution in [0.25, 0.3) is 0 Å². The number of hydrogen-bond acceptors (Lipinski definition) is 4. The second-order valence-electron chi connectivity index (χ2n) is 8.25. The molecule has 0 aromatic heterocycles. The van der Waals surface area contributed by atoms with Crippen LogP contribution in [0.1, 0.15) is 104 Å². The van der Waals surface area contributed by atoms with Crippen LogP contribution in [-0.2, 0) is 0 Å². The topological polar surface area (TPSA) is 65.3 Å². The number of benzene rings is 1. The van der Waals surface area contributed by atoms with E-state index < -0.39 is 0 Å². The Morgan fingerprint density at radius 3 is 1.28 bits per heavy atom. The summed E-state index contributed by atoms with van der Waals surface area (Å²) in [6.07, 6.45) is 24.2. The maximum absolute atomic E-state index is 11.2. The Hall–Kier alpha value is -2.50. The summed E-state index contributed by atoms with van der Waals surface area (Å²) in [5.74, 6) is 0. The van der Waals surface area contributed by atoms with E-state index in [1.54, 1.807) is 36.7 Å². The van der Waals surface area contributed by atoms with E-state index >= 15 is 0 Å². The Labute approximate surface area is 194 Å². The molecule has 0 spiro atoms. The van der Waals surface area contributed by atoms with Gasteiger partial charge in [-0.25, -0.2) is 10.0 Å². The number of allylic oxidation sites excluding steroid dienone is 2. The first-order valence-corrected chi connectivity index (χ1v) is 12.4. The third kappa shape index (κ3) is 12.4. The highest BCUT2D eigenvalue weighted by atomic mass is 16.3.